The van der Waals surface area contributed by atoms with Crippen molar-refractivity contribution >= 4 is 17.3 Å². The first kappa shape index (κ1) is 22.4. The van der Waals surface area contributed by atoms with E-state index in [-0.39, 0.29) is 11.3 Å². The van der Waals surface area contributed by atoms with Crippen LogP contribution >= 0.6 is 11.3 Å². The Morgan fingerprint density at radius 1 is 1.10 bits per heavy atom. The first-order valence-electron chi connectivity index (χ1n) is 9.93. The Balaban J connectivity index is 2.02. The van der Waals surface area contributed by atoms with Gasteiger partial charge in [0.2, 0.25) is 0 Å². The maximum atomic E-state index is 11.6. The van der Waals surface area contributed by atoms with Gasteiger partial charge in [-0.1, -0.05) is 12.2 Å². The van der Waals surface area contributed by atoms with Crippen LogP contribution in [0.2, 0.25) is 0 Å². The minimum Gasteiger partial charge on any atom is -0.507 e. The van der Waals surface area contributed by atoms with E-state index in [0.717, 1.165) is 16.1 Å². The van der Waals surface area contributed by atoms with E-state index in [0.29, 0.717) is 48.0 Å². The molecule has 3 rings (SSSR count). The van der Waals surface area contributed by atoms with Crippen molar-refractivity contribution in [1.29, 1.82) is 0 Å². The van der Waals surface area contributed by atoms with Gasteiger partial charge in [-0.05, 0) is 63.1 Å². The monoisotopic (exact) mass is 439 g/mol. The number of hydrogen-bond acceptors (Lipinski definition) is 6. The second-order valence-corrected chi connectivity index (χ2v) is 7.89. The molecular formula is C24H25NO5S. The first-order valence-corrected chi connectivity index (χ1v) is 10.8. The number of nitrogens with zero attached hydrogens (tertiary/aromatic N) is 1. The molecule has 1 aromatic heterocycles. The molecule has 0 aliphatic rings. The third kappa shape index (κ3) is 5.06. The number of carboxylic acid groups (broad SMARTS) is 1. The van der Waals surface area contributed by atoms with E-state index in [4.69, 9.17) is 14.5 Å². The first-order chi connectivity index (χ1) is 14.8. The highest BCUT2D eigenvalue weighted by Gasteiger charge is 2.18. The van der Waals surface area contributed by atoms with Crippen LogP contribution in [0.1, 0.15) is 36.7 Å². The molecule has 0 radical (unpaired) electrons. The fourth-order valence-electron chi connectivity index (χ4n) is 3.19. The number of thiazole rings is 1. The van der Waals surface area contributed by atoms with E-state index in [1.807, 2.05) is 44.4 Å². The van der Waals surface area contributed by atoms with E-state index in [9.17, 15) is 15.0 Å². The minimum absolute atomic E-state index is 0.150. The van der Waals surface area contributed by atoms with Crippen LogP contribution in [0, 0.1) is 0 Å². The number of aromatic carboxylic acids is 1. The van der Waals surface area contributed by atoms with Gasteiger partial charge in [0.1, 0.15) is 16.3 Å². The lowest BCUT2D eigenvalue weighted by Gasteiger charge is -2.11. The van der Waals surface area contributed by atoms with Gasteiger partial charge in [0, 0.05) is 16.5 Å². The number of aromatic nitrogens is 1. The molecule has 2 aromatic carbocycles. The molecule has 2 N–H and O–H groups in total. The molecule has 3 aromatic rings. The molecule has 1 heterocycles. The topological polar surface area (TPSA) is 88.9 Å². The molecule has 0 fully saturated rings. The summed E-state index contributed by atoms with van der Waals surface area (Å²) in [6.45, 7) is 10.6. The Kier molecular flexibility index (Phi) is 6.97. The predicted molar refractivity (Wildman–Crippen MR) is 122 cm³/mol. The van der Waals surface area contributed by atoms with Crippen molar-refractivity contribution in [2.24, 2.45) is 0 Å². The summed E-state index contributed by atoms with van der Waals surface area (Å²) >= 11 is 1.45. The lowest BCUT2D eigenvalue weighted by Crippen LogP contribution is -2.01. The van der Waals surface area contributed by atoms with E-state index < -0.39 is 5.97 Å². The quantitative estimate of drug-likeness (QED) is 0.410. The molecule has 31 heavy (non-hydrogen) atoms. The van der Waals surface area contributed by atoms with E-state index in [1.165, 1.54) is 17.4 Å². The Morgan fingerprint density at radius 2 is 1.81 bits per heavy atom. The third-order valence-corrected chi connectivity index (χ3v) is 5.39. The molecule has 0 amide bonds. The van der Waals surface area contributed by atoms with Gasteiger partial charge in [-0.2, -0.15) is 0 Å². The SMILES string of the molecule is C=C(C)Cc1cc(-c2csc(-c3ccc(OCC)c(OCC)c3)n2)cc(C(=O)O)c1O. The number of aromatic hydroxyl groups is 1. The molecule has 0 unspecified atom stereocenters. The summed E-state index contributed by atoms with van der Waals surface area (Å²) in [6, 6.07) is 8.88. The molecule has 0 spiro atoms. The van der Waals surface area contributed by atoms with Crippen LogP contribution in [0.25, 0.3) is 21.8 Å². The zero-order valence-electron chi connectivity index (χ0n) is 17.8. The van der Waals surface area contributed by atoms with Crippen LogP contribution in [-0.4, -0.2) is 34.4 Å². The Bertz CT molecular complexity index is 1120. The largest absolute Gasteiger partial charge is 0.507 e. The molecule has 162 valence electrons. The van der Waals surface area contributed by atoms with Gasteiger partial charge in [0.25, 0.3) is 0 Å². The summed E-state index contributed by atoms with van der Waals surface area (Å²) < 4.78 is 11.3. The van der Waals surface area contributed by atoms with Crippen molar-refractivity contribution in [3.8, 4) is 39.1 Å². The highest BCUT2D eigenvalue weighted by atomic mass is 32.1. The van der Waals surface area contributed by atoms with Gasteiger partial charge in [0.15, 0.2) is 11.5 Å². The normalized spacial score (nSPS) is 10.7. The van der Waals surface area contributed by atoms with Crippen molar-refractivity contribution in [1.82, 2.24) is 4.98 Å². The van der Waals surface area contributed by atoms with Crippen molar-refractivity contribution in [2.75, 3.05) is 13.2 Å². The Labute approximate surface area is 185 Å². The molecule has 0 atom stereocenters. The molecular weight excluding hydrogens is 414 g/mol. The second-order valence-electron chi connectivity index (χ2n) is 7.04. The van der Waals surface area contributed by atoms with Crippen molar-refractivity contribution in [3.63, 3.8) is 0 Å². The number of rotatable bonds is 9. The third-order valence-electron chi connectivity index (χ3n) is 4.50. The molecule has 0 saturated heterocycles. The minimum atomic E-state index is -1.19. The lowest BCUT2D eigenvalue weighted by molar-refractivity contribution is 0.0693. The zero-order valence-corrected chi connectivity index (χ0v) is 18.6. The maximum absolute atomic E-state index is 11.6. The Hall–Kier alpha value is -3.32. The van der Waals surface area contributed by atoms with E-state index >= 15 is 0 Å². The van der Waals surface area contributed by atoms with Crippen LogP contribution in [0.15, 0.2) is 47.9 Å². The fourth-order valence-corrected chi connectivity index (χ4v) is 4.01. The van der Waals surface area contributed by atoms with Crippen molar-refractivity contribution < 1.29 is 24.5 Å². The van der Waals surface area contributed by atoms with Gasteiger partial charge < -0.3 is 19.7 Å². The molecule has 0 saturated carbocycles. The average Bonchev–Trinajstić information content (AvgIpc) is 3.21. The average molecular weight is 440 g/mol. The standard InChI is InChI=1S/C24H25NO5S/c1-5-29-20-8-7-15(12-21(20)30-6-2)23-25-19(13-31-23)16-10-17(9-14(3)4)22(26)18(11-16)24(27)28/h7-8,10-13,26H,3,5-6,9H2,1-2,4H3,(H,27,28). The van der Waals surface area contributed by atoms with Crippen LogP contribution < -0.4 is 9.47 Å². The van der Waals surface area contributed by atoms with Gasteiger partial charge in [-0.25, -0.2) is 9.78 Å². The summed E-state index contributed by atoms with van der Waals surface area (Å²) in [5, 5.41) is 22.5. The number of carboxylic acids is 1. The predicted octanol–water partition coefficient (Wildman–Crippen LogP) is 5.80. The van der Waals surface area contributed by atoms with E-state index in [1.54, 1.807) is 6.07 Å². The van der Waals surface area contributed by atoms with Crippen molar-refractivity contribution in [3.05, 3.63) is 59.0 Å². The molecule has 0 aliphatic heterocycles. The van der Waals surface area contributed by atoms with Gasteiger partial charge in [-0.3, -0.25) is 0 Å². The number of benzene rings is 2. The summed E-state index contributed by atoms with van der Waals surface area (Å²) in [4.78, 5) is 16.3. The number of phenols is 1. The number of allylic oxidation sites excluding steroid dienone is 1. The highest BCUT2D eigenvalue weighted by molar-refractivity contribution is 7.13. The molecule has 0 bridgehead atoms. The number of hydrogen-bond donors (Lipinski definition) is 2. The second kappa shape index (κ2) is 9.66. The van der Waals surface area contributed by atoms with Gasteiger partial charge in [-0.15, -0.1) is 11.3 Å². The summed E-state index contributed by atoms with van der Waals surface area (Å²) in [5.74, 6) is -0.0905. The van der Waals surface area contributed by atoms with Crippen LogP contribution in [-0.2, 0) is 6.42 Å². The summed E-state index contributed by atoms with van der Waals surface area (Å²) in [7, 11) is 0. The highest BCUT2D eigenvalue weighted by Crippen LogP contribution is 2.37. The molecule has 7 heteroatoms. The van der Waals surface area contributed by atoms with Crippen LogP contribution in [0.3, 0.4) is 0 Å². The molecule has 0 aliphatic carbocycles. The lowest BCUT2D eigenvalue weighted by atomic mass is 9.98. The van der Waals surface area contributed by atoms with Gasteiger partial charge in [0.05, 0.1) is 18.9 Å². The van der Waals surface area contributed by atoms with Crippen LogP contribution in [0.4, 0.5) is 0 Å². The smallest absolute Gasteiger partial charge is 0.339 e. The maximum Gasteiger partial charge on any atom is 0.339 e. The number of ether oxygens (including phenoxy) is 2. The van der Waals surface area contributed by atoms with Crippen molar-refractivity contribution in [2.45, 2.75) is 27.2 Å². The van der Waals surface area contributed by atoms with Gasteiger partial charge >= 0.3 is 5.97 Å². The fraction of sp³-hybridized carbons (Fsp3) is 0.250. The molecule has 6 nitrogen and oxygen atoms in total. The Morgan fingerprint density at radius 3 is 2.45 bits per heavy atom. The zero-order chi connectivity index (χ0) is 22.5. The number of carbonyl (C=O) groups is 1. The summed E-state index contributed by atoms with van der Waals surface area (Å²) in [6.07, 6.45) is 0.382. The van der Waals surface area contributed by atoms with E-state index in [2.05, 4.69) is 6.58 Å². The van der Waals surface area contributed by atoms with Crippen LogP contribution in [0.5, 0.6) is 17.2 Å². The summed E-state index contributed by atoms with van der Waals surface area (Å²) in [5.41, 5.74) is 3.32.